The summed E-state index contributed by atoms with van der Waals surface area (Å²) in [7, 11) is 3.02. The highest BCUT2D eigenvalue weighted by atomic mass is 35.5. The molecule has 1 heterocycles. The lowest BCUT2D eigenvalue weighted by Gasteiger charge is -2.39. The SMILES string of the molecule is COc1cc2c(cc1OC(C)C)[C@H](c1ccc(Cl)cc1)N(c1ccc(C(C)(O)[C@H]3CC[C@H](C(=O)OC)CC3)cc1)C(=O)C2. The lowest BCUT2D eigenvalue weighted by atomic mass is 9.71. The zero-order chi connectivity index (χ0) is 30.9. The normalized spacial score (nSPS) is 21.6. The molecule has 3 aromatic rings. The van der Waals surface area contributed by atoms with Crippen molar-refractivity contribution in [1.82, 2.24) is 0 Å². The minimum Gasteiger partial charge on any atom is -0.493 e. The summed E-state index contributed by atoms with van der Waals surface area (Å²) in [5.41, 5.74) is 3.19. The number of rotatable bonds is 8. The van der Waals surface area contributed by atoms with E-state index in [9.17, 15) is 14.7 Å². The molecule has 5 rings (SSSR count). The molecular weight excluding hydrogens is 566 g/mol. The highest BCUT2D eigenvalue weighted by Gasteiger charge is 2.39. The number of amides is 1. The van der Waals surface area contributed by atoms with E-state index < -0.39 is 11.6 Å². The fourth-order valence-corrected chi connectivity index (χ4v) is 6.71. The van der Waals surface area contributed by atoms with Crippen molar-refractivity contribution >= 4 is 29.2 Å². The minimum atomic E-state index is -1.08. The van der Waals surface area contributed by atoms with Crippen LogP contribution in [0.2, 0.25) is 5.02 Å². The average molecular weight is 606 g/mol. The molecule has 228 valence electrons. The van der Waals surface area contributed by atoms with Crippen molar-refractivity contribution < 1.29 is 28.9 Å². The van der Waals surface area contributed by atoms with Gasteiger partial charge in [0, 0.05) is 10.7 Å². The second kappa shape index (κ2) is 12.6. The zero-order valence-corrected chi connectivity index (χ0v) is 26.2. The Hall–Kier alpha value is -3.55. The fraction of sp³-hybridized carbons (Fsp3) is 0.429. The number of carbonyl (C=O) groups excluding carboxylic acids is 2. The molecule has 2 aliphatic rings. The third-order valence-corrected chi connectivity index (χ3v) is 9.18. The van der Waals surface area contributed by atoms with Crippen LogP contribution in [0.4, 0.5) is 5.69 Å². The summed E-state index contributed by atoms with van der Waals surface area (Å²) in [5.74, 6) is 0.899. The van der Waals surface area contributed by atoms with Gasteiger partial charge in [-0.2, -0.15) is 0 Å². The van der Waals surface area contributed by atoms with Crippen LogP contribution in [0, 0.1) is 11.8 Å². The number of methoxy groups -OCH3 is 2. The molecule has 7 nitrogen and oxygen atoms in total. The molecule has 0 aromatic heterocycles. The first kappa shape index (κ1) is 30.9. The Labute approximate surface area is 258 Å². The highest BCUT2D eigenvalue weighted by Crippen LogP contribution is 2.45. The molecule has 1 N–H and O–H groups in total. The van der Waals surface area contributed by atoms with Crippen molar-refractivity contribution in [1.29, 1.82) is 0 Å². The summed E-state index contributed by atoms with van der Waals surface area (Å²) < 4.78 is 16.7. The highest BCUT2D eigenvalue weighted by molar-refractivity contribution is 6.30. The van der Waals surface area contributed by atoms with Crippen LogP contribution in [0.15, 0.2) is 60.7 Å². The molecule has 1 aliphatic heterocycles. The maximum atomic E-state index is 13.9. The third kappa shape index (κ3) is 6.24. The largest absolute Gasteiger partial charge is 0.493 e. The Morgan fingerprint density at radius 1 is 0.977 bits per heavy atom. The van der Waals surface area contributed by atoms with Crippen LogP contribution in [0.1, 0.15) is 74.8 Å². The van der Waals surface area contributed by atoms with Crippen molar-refractivity contribution in [3.63, 3.8) is 0 Å². The number of benzene rings is 3. The molecule has 8 heteroatoms. The number of aliphatic hydroxyl groups is 1. The molecule has 3 aromatic carbocycles. The lowest BCUT2D eigenvalue weighted by Crippen LogP contribution is -2.41. The Morgan fingerprint density at radius 2 is 1.63 bits per heavy atom. The zero-order valence-electron chi connectivity index (χ0n) is 25.4. The number of esters is 1. The van der Waals surface area contributed by atoms with Gasteiger partial charge in [0.1, 0.15) is 0 Å². The Morgan fingerprint density at radius 3 is 2.21 bits per heavy atom. The monoisotopic (exact) mass is 605 g/mol. The molecule has 43 heavy (non-hydrogen) atoms. The van der Waals surface area contributed by atoms with Gasteiger partial charge in [-0.15, -0.1) is 0 Å². The predicted octanol–water partition coefficient (Wildman–Crippen LogP) is 7.00. The van der Waals surface area contributed by atoms with E-state index in [1.807, 2.05) is 86.3 Å². The molecule has 1 aliphatic carbocycles. The number of ether oxygens (including phenoxy) is 3. The van der Waals surface area contributed by atoms with Crippen LogP contribution in [0.25, 0.3) is 0 Å². The molecule has 0 saturated heterocycles. The van der Waals surface area contributed by atoms with Crippen molar-refractivity contribution in [3.05, 3.63) is 87.9 Å². The fourth-order valence-electron chi connectivity index (χ4n) is 6.58. The van der Waals surface area contributed by atoms with E-state index in [0.29, 0.717) is 29.4 Å². The molecule has 1 unspecified atom stereocenters. The van der Waals surface area contributed by atoms with E-state index in [1.54, 1.807) is 7.11 Å². The van der Waals surface area contributed by atoms with Gasteiger partial charge in [-0.05, 0) is 111 Å². The summed E-state index contributed by atoms with van der Waals surface area (Å²) in [4.78, 5) is 27.7. The standard InChI is InChI=1S/C35H40ClNO6/c1-21(2)43-31-20-29-24(18-30(31)41-4)19-32(38)37(33(29)22-8-14-27(36)15-9-22)28-16-12-26(13-17-28)35(3,40)25-10-6-23(7-11-25)34(39)42-5/h8-9,12-18,20-21,23,25,33,40H,6-7,10-11,19H2,1-5H3/t23-,25-,33-,35?/m0/s1. The van der Waals surface area contributed by atoms with Crippen LogP contribution in [-0.2, 0) is 26.3 Å². The van der Waals surface area contributed by atoms with Crippen molar-refractivity contribution in [2.45, 2.75) is 70.6 Å². The molecule has 0 radical (unpaired) electrons. The van der Waals surface area contributed by atoms with E-state index in [4.69, 9.17) is 25.8 Å². The topological polar surface area (TPSA) is 85.3 Å². The number of fused-ring (bicyclic) bond motifs is 1. The molecule has 2 atom stereocenters. The van der Waals surface area contributed by atoms with Crippen molar-refractivity contribution in [2.24, 2.45) is 11.8 Å². The summed E-state index contributed by atoms with van der Waals surface area (Å²) in [6.45, 7) is 5.77. The summed E-state index contributed by atoms with van der Waals surface area (Å²) in [6.07, 6.45) is 3.02. The molecule has 0 spiro atoms. The van der Waals surface area contributed by atoms with Gasteiger partial charge in [-0.1, -0.05) is 35.9 Å². The van der Waals surface area contributed by atoms with Gasteiger partial charge in [0.25, 0.3) is 0 Å². The van der Waals surface area contributed by atoms with Crippen LogP contribution < -0.4 is 14.4 Å². The smallest absolute Gasteiger partial charge is 0.308 e. The molecule has 0 bridgehead atoms. The Kier molecular flexibility index (Phi) is 9.04. The maximum Gasteiger partial charge on any atom is 0.308 e. The van der Waals surface area contributed by atoms with E-state index in [0.717, 1.165) is 40.8 Å². The third-order valence-electron chi connectivity index (χ3n) is 8.92. The summed E-state index contributed by atoms with van der Waals surface area (Å²) in [6, 6.07) is 18.6. The lowest BCUT2D eigenvalue weighted by molar-refractivity contribution is -0.147. The molecule has 1 fully saturated rings. The maximum absolute atomic E-state index is 13.9. The average Bonchev–Trinajstić information content (AvgIpc) is 3.00. The van der Waals surface area contributed by atoms with Gasteiger partial charge >= 0.3 is 5.97 Å². The van der Waals surface area contributed by atoms with Crippen LogP contribution >= 0.6 is 11.6 Å². The Bertz CT molecular complexity index is 1460. The van der Waals surface area contributed by atoms with E-state index >= 15 is 0 Å². The molecule has 1 amide bonds. The first-order chi connectivity index (χ1) is 20.5. The van der Waals surface area contributed by atoms with E-state index in [1.165, 1.54) is 7.11 Å². The number of carbonyl (C=O) groups is 2. The second-order valence-electron chi connectivity index (χ2n) is 12.0. The van der Waals surface area contributed by atoms with Crippen LogP contribution in [0.5, 0.6) is 11.5 Å². The van der Waals surface area contributed by atoms with Crippen LogP contribution in [0.3, 0.4) is 0 Å². The van der Waals surface area contributed by atoms with Crippen LogP contribution in [-0.4, -0.2) is 37.3 Å². The first-order valence-corrected chi connectivity index (χ1v) is 15.3. The summed E-state index contributed by atoms with van der Waals surface area (Å²) in [5, 5.41) is 12.3. The van der Waals surface area contributed by atoms with E-state index in [-0.39, 0.29) is 36.2 Å². The van der Waals surface area contributed by atoms with Gasteiger partial charge in [-0.3, -0.25) is 9.59 Å². The van der Waals surface area contributed by atoms with Crippen molar-refractivity contribution in [3.8, 4) is 11.5 Å². The van der Waals surface area contributed by atoms with Crippen molar-refractivity contribution in [2.75, 3.05) is 19.1 Å². The van der Waals surface area contributed by atoms with E-state index in [2.05, 4.69) is 0 Å². The summed E-state index contributed by atoms with van der Waals surface area (Å²) >= 11 is 6.25. The Balaban J connectivity index is 1.50. The number of halogens is 1. The number of anilines is 1. The number of hydrogen-bond acceptors (Lipinski definition) is 6. The number of hydrogen-bond donors (Lipinski definition) is 1. The molecule has 1 saturated carbocycles. The number of nitrogens with zero attached hydrogens (tertiary/aromatic N) is 1. The van der Waals surface area contributed by atoms with Gasteiger partial charge < -0.3 is 24.2 Å². The van der Waals surface area contributed by atoms with Gasteiger partial charge in [0.05, 0.1) is 44.3 Å². The van der Waals surface area contributed by atoms with Gasteiger partial charge in [0.2, 0.25) is 5.91 Å². The predicted molar refractivity (Wildman–Crippen MR) is 167 cm³/mol. The quantitative estimate of drug-likeness (QED) is 0.278. The second-order valence-corrected chi connectivity index (χ2v) is 12.5. The van der Waals surface area contributed by atoms with Gasteiger partial charge in [-0.25, -0.2) is 0 Å². The molecular formula is C35H40ClNO6. The first-order valence-electron chi connectivity index (χ1n) is 14.9. The van der Waals surface area contributed by atoms with Gasteiger partial charge in [0.15, 0.2) is 11.5 Å². The minimum absolute atomic E-state index is 0.0129.